The van der Waals surface area contributed by atoms with Gasteiger partial charge in [-0.15, -0.1) is 0 Å². The highest BCUT2D eigenvalue weighted by Gasteiger charge is 2.19. The Labute approximate surface area is 100 Å². The van der Waals surface area contributed by atoms with Crippen LogP contribution in [0.15, 0.2) is 12.1 Å². The van der Waals surface area contributed by atoms with Crippen molar-refractivity contribution in [2.45, 2.75) is 25.8 Å². The molecule has 0 radical (unpaired) electrons. The summed E-state index contributed by atoms with van der Waals surface area (Å²) in [4.78, 5) is 17.4. The van der Waals surface area contributed by atoms with E-state index >= 15 is 0 Å². The van der Waals surface area contributed by atoms with Crippen molar-refractivity contribution in [2.75, 3.05) is 18.0 Å². The second-order valence-electron chi connectivity index (χ2n) is 4.51. The molecular weight excluding hydrogens is 218 g/mol. The summed E-state index contributed by atoms with van der Waals surface area (Å²) >= 11 is 0. The summed E-state index contributed by atoms with van der Waals surface area (Å²) in [6.45, 7) is 3.44. The average molecular weight is 235 g/mol. The van der Waals surface area contributed by atoms with E-state index in [1.807, 2.05) is 0 Å². The summed E-state index contributed by atoms with van der Waals surface area (Å²) in [5.41, 5.74) is 6.92. The van der Waals surface area contributed by atoms with Gasteiger partial charge in [-0.1, -0.05) is 0 Å². The van der Waals surface area contributed by atoms with Crippen molar-refractivity contribution >= 4 is 11.8 Å². The van der Waals surface area contributed by atoms with Crippen molar-refractivity contribution in [1.82, 2.24) is 4.98 Å². The molecule has 1 fully saturated rings. The smallest absolute Gasteiger partial charge is 0.335 e. The van der Waals surface area contributed by atoms with E-state index in [0.29, 0.717) is 0 Å². The number of aromatic nitrogens is 1. The highest BCUT2D eigenvalue weighted by Crippen LogP contribution is 2.19. The van der Waals surface area contributed by atoms with Gasteiger partial charge < -0.3 is 15.7 Å². The Bertz CT molecular complexity index is 434. The molecule has 5 nitrogen and oxygen atoms in total. The number of aromatic carboxylic acids is 1. The van der Waals surface area contributed by atoms with Crippen LogP contribution in [0, 0.1) is 6.92 Å². The van der Waals surface area contributed by atoms with Gasteiger partial charge >= 0.3 is 5.97 Å². The number of carboxylic acid groups (broad SMARTS) is 1. The van der Waals surface area contributed by atoms with Crippen LogP contribution in [0.2, 0.25) is 0 Å². The Kier molecular flexibility index (Phi) is 3.28. The maximum absolute atomic E-state index is 11.0. The lowest BCUT2D eigenvalue weighted by atomic mass is 10.1. The summed E-state index contributed by atoms with van der Waals surface area (Å²) in [6, 6.07) is 3.35. The molecule has 92 valence electrons. The van der Waals surface area contributed by atoms with E-state index in [1.54, 1.807) is 19.1 Å². The maximum atomic E-state index is 11.0. The second-order valence-corrected chi connectivity index (χ2v) is 4.51. The van der Waals surface area contributed by atoms with Crippen molar-refractivity contribution in [1.29, 1.82) is 0 Å². The molecule has 2 rings (SSSR count). The zero-order valence-corrected chi connectivity index (χ0v) is 9.89. The number of nitrogens with zero attached hydrogens (tertiary/aromatic N) is 2. The highest BCUT2D eigenvalue weighted by molar-refractivity contribution is 5.88. The fourth-order valence-corrected chi connectivity index (χ4v) is 2.15. The Morgan fingerprint density at radius 1 is 1.59 bits per heavy atom. The van der Waals surface area contributed by atoms with Crippen LogP contribution in [0.25, 0.3) is 0 Å². The SMILES string of the molecule is Cc1cc(C(=O)O)cc(N2CCCC(N)C2)n1. The van der Waals surface area contributed by atoms with Crippen LogP contribution >= 0.6 is 0 Å². The molecule has 5 heteroatoms. The molecule has 1 aromatic heterocycles. The predicted octanol–water partition coefficient (Wildman–Crippen LogP) is 1.02. The molecule has 0 amide bonds. The molecule has 17 heavy (non-hydrogen) atoms. The van der Waals surface area contributed by atoms with Gasteiger partial charge in [0.25, 0.3) is 0 Å². The standard InChI is InChI=1S/C12H17N3O2/c1-8-5-9(12(16)17)6-11(14-8)15-4-2-3-10(13)7-15/h5-6,10H,2-4,7,13H2,1H3,(H,16,17). The number of carbonyl (C=O) groups is 1. The van der Waals surface area contributed by atoms with Gasteiger partial charge in [0.2, 0.25) is 0 Å². The van der Waals surface area contributed by atoms with Crippen LogP contribution < -0.4 is 10.6 Å². The number of hydrogen-bond acceptors (Lipinski definition) is 4. The highest BCUT2D eigenvalue weighted by atomic mass is 16.4. The first-order valence-electron chi connectivity index (χ1n) is 5.79. The molecule has 0 bridgehead atoms. The molecule has 1 atom stereocenters. The molecule has 1 aliphatic rings. The van der Waals surface area contributed by atoms with Crippen molar-refractivity contribution in [3.63, 3.8) is 0 Å². The monoisotopic (exact) mass is 235 g/mol. The zero-order chi connectivity index (χ0) is 12.4. The lowest BCUT2D eigenvalue weighted by Gasteiger charge is -2.31. The minimum absolute atomic E-state index is 0.152. The number of piperidine rings is 1. The van der Waals surface area contributed by atoms with E-state index in [4.69, 9.17) is 10.8 Å². The second kappa shape index (κ2) is 4.71. The Morgan fingerprint density at radius 2 is 2.35 bits per heavy atom. The quantitative estimate of drug-likeness (QED) is 0.800. The van der Waals surface area contributed by atoms with E-state index in [1.165, 1.54) is 0 Å². The topological polar surface area (TPSA) is 79.5 Å². The molecule has 1 aromatic rings. The minimum atomic E-state index is -0.918. The van der Waals surface area contributed by atoms with Crippen LogP contribution in [0.1, 0.15) is 28.9 Å². The summed E-state index contributed by atoms with van der Waals surface area (Å²) in [5, 5.41) is 9.01. The molecule has 1 unspecified atom stereocenters. The van der Waals surface area contributed by atoms with Gasteiger partial charge in [0.05, 0.1) is 5.56 Å². The Hall–Kier alpha value is -1.62. The van der Waals surface area contributed by atoms with Gasteiger partial charge in [-0.25, -0.2) is 9.78 Å². The fourth-order valence-electron chi connectivity index (χ4n) is 2.15. The number of aryl methyl sites for hydroxylation is 1. The predicted molar refractivity (Wildman–Crippen MR) is 65.4 cm³/mol. The lowest BCUT2D eigenvalue weighted by molar-refractivity contribution is 0.0696. The number of nitrogens with two attached hydrogens (primary N) is 1. The van der Waals surface area contributed by atoms with E-state index in [0.717, 1.165) is 37.4 Å². The number of hydrogen-bond donors (Lipinski definition) is 2. The minimum Gasteiger partial charge on any atom is -0.478 e. The van der Waals surface area contributed by atoms with Crippen molar-refractivity contribution in [3.8, 4) is 0 Å². The summed E-state index contributed by atoms with van der Waals surface area (Å²) in [5.74, 6) is -0.199. The average Bonchev–Trinajstić information content (AvgIpc) is 2.28. The van der Waals surface area contributed by atoms with Gasteiger partial charge in [0.1, 0.15) is 5.82 Å². The van der Waals surface area contributed by atoms with E-state index in [9.17, 15) is 4.79 Å². The summed E-state index contributed by atoms with van der Waals surface area (Å²) < 4.78 is 0. The van der Waals surface area contributed by atoms with Crippen LogP contribution in [0.5, 0.6) is 0 Å². The van der Waals surface area contributed by atoms with Gasteiger partial charge in [-0.2, -0.15) is 0 Å². The third-order valence-electron chi connectivity index (χ3n) is 2.97. The van der Waals surface area contributed by atoms with E-state index in [2.05, 4.69) is 9.88 Å². The normalized spacial score (nSPS) is 20.4. The number of anilines is 1. The third-order valence-corrected chi connectivity index (χ3v) is 2.97. The van der Waals surface area contributed by atoms with E-state index < -0.39 is 5.97 Å². The van der Waals surface area contributed by atoms with Gasteiger partial charge in [-0.05, 0) is 31.9 Å². The summed E-state index contributed by atoms with van der Waals surface area (Å²) in [7, 11) is 0. The molecule has 1 aliphatic heterocycles. The molecule has 0 spiro atoms. The van der Waals surface area contributed by atoms with Gasteiger partial charge in [-0.3, -0.25) is 0 Å². The molecule has 1 saturated heterocycles. The van der Waals surface area contributed by atoms with Crippen molar-refractivity contribution in [2.24, 2.45) is 5.73 Å². The third kappa shape index (κ3) is 2.74. The van der Waals surface area contributed by atoms with Crippen molar-refractivity contribution < 1.29 is 9.90 Å². The largest absolute Gasteiger partial charge is 0.478 e. The van der Waals surface area contributed by atoms with Gasteiger partial charge in [0.15, 0.2) is 0 Å². The fraction of sp³-hybridized carbons (Fsp3) is 0.500. The molecule has 0 aliphatic carbocycles. The maximum Gasteiger partial charge on any atom is 0.335 e. The lowest BCUT2D eigenvalue weighted by Crippen LogP contribution is -2.43. The molecule has 2 heterocycles. The van der Waals surface area contributed by atoms with Gasteiger partial charge in [0, 0.05) is 24.8 Å². The van der Waals surface area contributed by atoms with E-state index in [-0.39, 0.29) is 11.6 Å². The molecular formula is C12H17N3O2. The first-order chi connectivity index (χ1) is 8.06. The van der Waals surface area contributed by atoms with Crippen LogP contribution in [-0.2, 0) is 0 Å². The zero-order valence-electron chi connectivity index (χ0n) is 9.89. The number of rotatable bonds is 2. The summed E-state index contributed by atoms with van der Waals surface area (Å²) in [6.07, 6.45) is 2.05. The first kappa shape index (κ1) is 11.9. The molecule has 0 saturated carbocycles. The Morgan fingerprint density at radius 3 is 3.00 bits per heavy atom. The number of carboxylic acids is 1. The van der Waals surface area contributed by atoms with Crippen molar-refractivity contribution in [3.05, 3.63) is 23.4 Å². The first-order valence-corrected chi connectivity index (χ1v) is 5.79. The molecule has 0 aromatic carbocycles. The van der Waals surface area contributed by atoms with Crippen LogP contribution in [-0.4, -0.2) is 35.2 Å². The Balaban J connectivity index is 2.28. The van der Waals surface area contributed by atoms with Crippen LogP contribution in [0.3, 0.4) is 0 Å². The van der Waals surface area contributed by atoms with Crippen LogP contribution in [0.4, 0.5) is 5.82 Å². The molecule has 3 N–H and O–H groups in total. The number of pyridine rings is 1.